The normalized spacial score (nSPS) is 12.4. The van der Waals surface area contributed by atoms with Crippen molar-refractivity contribution in [2.24, 2.45) is 0 Å². The summed E-state index contributed by atoms with van der Waals surface area (Å²) in [5.41, 5.74) is -0.661. The molecule has 0 saturated heterocycles. The highest BCUT2D eigenvalue weighted by Crippen LogP contribution is 2.30. The minimum absolute atomic E-state index is 0.0829. The fraction of sp³-hybridized carbons (Fsp3) is 0.300. The van der Waals surface area contributed by atoms with Gasteiger partial charge in [-0.1, -0.05) is 17.8 Å². The fourth-order valence-corrected chi connectivity index (χ4v) is 4.17. The minimum Gasteiger partial charge on any atom is -0.452 e. The van der Waals surface area contributed by atoms with E-state index in [9.17, 15) is 22.8 Å². The molecule has 1 unspecified atom stereocenters. The highest BCUT2D eigenvalue weighted by Gasteiger charge is 2.30. The predicted octanol–water partition coefficient (Wildman–Crippen LogP) is 4.71. The Morgan fingerprint density at radius 3 is 2.53 bits per heavy atom. The van der Waals surface area contributed by atoms with Crippen molar-refractivity contribution in [2.75, 3.05) is 11.1 Å². The molecule has 1 amide bonds. The van der Waals surface area contributed by atoms with Gasteiger partial charge in [-0.25, -0.2) is 0 Å². The van der Waals surface area contributed by atoms with Gasteiger partial charge in [0.25, 0.3) is 5.91 Å². The Bertz CT molecular complexity index is 1070. The van der Waals surface area contributed by atoms with Crippen LogP contribution < -0.4 is 5.32 Å². The lowest BCUT2D eigenvalue weighted by atomic mass is 10.2. The molecule has 0 spiro atoms. The molecule has 1 aromatic carbocycles. The third-order valence-corrected chi connectivity index (χ3v) is 6.06. The third-order valence-electron chi connectivity index (χ3n) is 4.25. The second-order valence-electron chi connectivity index (χ2n) is 6.51. The van der Waals surface area contributed by atoms with Gasteiger partial charge in [0.1, 0.15) is 0 Å². The van der Waals surface area contributed by atoms with Crippen LogP contribution in [0.15, 0.2) is 46.9 Å². The zero-order valence-electron chi connectivity index (χ0n) is 17.0. The summed E-state index contributed by atoms with van der Waals surface area (Å²) in [5, 5.41) is 13.2. The maximum Gasteiger partial charge on any atom is 0.416 e. The molecule has 3 aromatic rings. The molecule has 0 aliphatic heterocycles. The first-order chi connectivity index (χ1) is 15.2. The van der Waals surface area contributed by atoms with Crippen LogP contribution in [0.25, 0.3) is 10.7 Å². The predicted molar refractivity (Wildman–Crippen MR) is 115 cm³/mol. The molecule has 2 aromatic heterocycles. The van der Waals surface area contributed by atoms with Gasteiger partial charge in [-0.15, -0.1) is 21.5 Å². The Balaban J connectivity index is 1.52. The molecular weight excluding hydrogens is 465 g/mol. The number of benzene rings is 1. The van der Waals surface area contributed by atoms with Crippen molar-refractivity contribution in [2.45, 2.75) is 37.8 Å². The summed E-state index contributed by atoms with van der Waals surface area (Å²) in [7, 11) is 0. The number of anilines is 1. The smallest absolute Gasteiger partial charge is 0.416 e. The Morgan fingerprint density at radius 2 is 1.94 bits per heavy atom. The highest BCUT2D eigenvalue weighted by atomic mass is 32.2. The summed E-state index contributed by atoms with van der Waals surface area (Å²) >= 11 is 2.67. The largest absolute Gasteiger partial charge is 0.452 e. The van der Waals surface area contributed by atoms with Gasteiger partial charge in [-0.05, 0) is 49.6 Å². The zero-order valence-corrected chi connectivity index (χ0v) is 18.7. The standard InChI is InChI=1S/C20H19F3N4O3S2/c1-3-27-17(15-5-4-10-31-15)25-26-19(27)32-11-16(28)30-12(2)18(29)24-14-8-6-13(7-9-14)20(21,22)23/h4-10,12H,3,11H2,1-2H3,(H,24,29). The fourth-order valence-electron chi connectivity index (χ4n) is 2.66. The molecule has 32 heavy (non-hydrogen) atoms. The number of rotatable bonds is 8. The average Bonchev–Trinajstić information content (AvgIpc) is 3.41. The number of carbonyl (C=O) groups is 2. The maximum absolute atomic E-state index is 12.6. The molecule has 7 nitrogen and oxygen atoms in total. The van der Waals surface area contributed by atoms with Gasteiger partial charge in [0.2, 0.25) is 0 Å². The van der Waals surface area contributed by atoms with Gasteiger partial charge in [-0.3, -0.25) is 9.59 Å². The second-order valence-corrected chi connectivity index (χ2v) is 8.40. The van der Waals surface area contributed by atoms with Gasteiger partial charge in [0.05, 0.1) is 16.2 Å². The molecule has 0 fully saturated rings. The molecule has 0 radical (unpaired) electrons. The van der Waals surface area contributed by atoms with E-state index in [1.807, 2.05) is 29.0 Å². The van der Waals surface area contributed by atoms with E-state index in [0.29, 0.717) is 17.5 Å². The highest BCUT2D eigenvalue weighted by molar-refractivity contribution is 7.99. The van der Waals surface area contributed by atoms with Crippen molar-refractivity contribution in [3.63, 3.8) is 0 Å². The number of amides is 1. The lowest BCUT2D eigenvalue weighted by molar-refractivity contribution is -0.150. The summed E-state index contributed by atoms with van der Waals surface area (Å²) in [4.78, 5) is 25.3. The summed E-state index contributed by atoms with van der Waals surface area (Å²) < 4.78 is 44.8. The number of thiophene rings is 1. The number of nitrogens with one attached hydrogen (secondary N) is 1. The maximum atomic E-state index is 12.6. The molecule has 0 aliphatic rings. The molecule has 3 rings (SSSR count). The van der Waals surface area contributed by atoms with Gasteiger partial charge < -0.3 is 14.6 Å². The molecule has 1 atom stereocenters. The van der Waals surface area contributed by atoms with E-state index in [0.717, 1.165) is 40.9 Å². The van der Waals surface area contributed by atoms with Crippen LogP contribution in [0.4, 0.5) is 18.9 Å². The van der Waals surface area contributed by atoms with Gasteiger partial charge in [-0.2, -0.15) is 13.2 Å². The van der Waals surface area contributed by atoms with Gasteiger partial charge >= 0.3 is 12.1 Å². The van der Waals surface area contributed by atoms with Crippen LogP contribution in [0.5, 0.6) is 0 Å². The molecular formula is C20H19F3N4O3S2. The quantitative estimate of drug-likeness (QED) is 0.368. The lowest BCUT2D eigenvalue weighted by Gasteiger charge is -2.14. The number of ether oxygens (including phenoxy) is 1. The van der Waals surface area contributed by atoms with E-state index in [1.54, 1.807) is 0 Å². The van der Waals surface area contributed by atoms with Crippen LogP contribution in [-0.2, 0) is 27.0 Å². The van der Waals surface area contributed by atoms with Crippen LogP contribution in [0.1, 0.15) is 19.4 Å². The van der Waals surface area contributed by atoms with Crippen molar-refractivity contribution in [1.82, 2.24) is 14.8 Å². The van der Waals surface area contributed by atoms with Crippen LogP contribution >= 0.6 is 23.1 Å². The third kappa shape index (κ3) is 5.88. The van der Waals surface area contributed by atoms with Crippen LogP contribution in [0, 0.1) is 0 Å². The summed E-state index contributed by atoms with van der Waals surface area (Å²) in [6.07, 6.45) is -5.59. The van der Waals surface area contributed by atoms with E-state index in [2.05, 4.69) is 15.5 Å². The van der Waals surface area contributed by atoms with Crippen LogP contribution in [-0.4, -0.2) is 38.5 Å². The van der Waals surface area contributed by atoms with Crippen molar-refractivity contribution in [3.8, 4) is 10.7 Å². The molecule has 0 aliphatic carbocycles. The second kappa shape index (κ2) is 10.2. The number of carbonyl (C=O) groups excluding carboxylic acids is 2. The molecule has 170 valence electrons. The monoisotopic (exact) mass is 484 g/mol. The number of aromatic nitrogens is 3. The van der Waals surface area contributed by atoms with Crippen LogP contribution in [0.3, 0.4) is 0 Å². The van der Waals surface area contributed by atoms with Gasteiger partial charge in [0.15, 0.2) is 17.1 Å². The number of thioether (sulfide) groups is 1. The first kappa shape index (κ1) is 23.8. The van der Waals surface area contributed by atoms with Crippen molar-refractivity contribution in [1.29, 1.82) is 0 Å². The van der Waals surface area contributed by atoms with Crippen molar-refractivity contribution in [3.05, 3.63) is 47.3 Å². The van der Waals surface area contributed by atoms with E-state index in [-0.39, 0.29) is 11.4 Å². The Hall–Kier alpha value is -2.86. The number of nitrogens with zero attached hydrogens (tertiary/aromatic N) is 3. The van der Waals surface area contributed by atoms with E-state index in [4.69, 9.17) is 4.74 Å². The number of halogens is 3. The first-order valence-electron chi connectivity index (χ1n) is 9.46. The number of esters is 1. The molecule has 2 heterocycles. The van der Waals surface area contributed by atoms with Gasteiger partial charge in [0, 0.05) is 12.2 Å². The SMILES string of the molecule is CCn1c(SCC(=O)OC(C)C(=O)Nc2ccc(C(F)(F)F)cc2)nnc1-c1cccs1. The Labute approximate surface area is 190 Å². The number of hydrogen-bond donors (Lipinski definition) is 1. The number of hydrogen-bond acceptors (Lipinski definition) is 7. The lowest BCUT2D eigenvalue weighted by Crippen LogP contribution is -2.30. The molecule has 0 saturated carbocycles. The topological polar surface area (TPSA) is 86.1 Å². The molecule has 1 N–H and O–H groups in total. The van der Waals surface area contributed by atoms with E-state index in [1.165, 1.54) is 18.3 Å². The molecule has 12 heteroatoms. The number of alkyl halides is 3. The first-order valence-corrected chi connectivity index (χ1v) is 11.3. The van der Waals surface area contributed by atoms with Crippen molar-refractivity contribution >= 4 is 40.7 Å². The van der Waals surface area contributed by atoms with E-state index < -0.39 is 29.7 Å². The average molecular weight is 485 g/mol. The van der Waals surface area contributed by atoms with Crippen molar-refractivity contribution < 1.29 is 27.5 Å². The Kier molecular flexibility index (Phi) is 7.56. The molecule has 0 bridgehead atoms. The van der Waals surface area contributed by atoms with E-state index >= 15 is 0 Å². The summed E-state index contributed by atoms with van der Waals surface area (Å²) in [6.45, 7) is 3.94. The summed E-state index contributed by atoms with van der Waals surface area (Å²) in [5.74, 6) is -0.656. The zero-order chi connectivity index (χ0) is 23.3. The summed E-state index contributed by atoms with van der Waals surface area (Å²) in [6, 6.07) is 7.83. The Morgan fingerprint density at radius 1 is 1.22 bits per heavy atom. The minimum atomic E-state index is -4.46. The van der Waals surface area contributed by atoms with Crippen LogP contribution in [0.2, 0.25) is 0 Å².